The number of rotatable bonds is 2. The summed E-state index contributed by atoms with van der Waals surface area (Å²) in [5, 5.41) is 0. The highest BCUT2D eigenvalue weighted by molar-refractivity contribution is 6.07. The summed E-state index contributed by atoms with van der Waals surface area (Å²) < 4.78 is 0. The summed E-state index contributed by atoms with van der Waals surface area (Å²) in [6.07, 6.45) is 3.75. The van der Waals surface area contributed by atoms with Gasteiger partial charge in [0.05, 0.1) is 5.92 Å². The van der Waals surface area contributed by atoms with Crippen molar-refractivity contribution in [3.8, 4) is 0 Å². The lowest BCUT2D eigenvalue weighted by Gasteiger charge is -2.24. The number of Topliss-reactive ketones (excluding diaryl/α,β-unsaturated/α-hetero) is 1. The van der Waals surface area contributed by atoms with Crippen LogP contribution in [0.2, 0.25) is 0 Å². The smallest absolute Gasteiger partial charge is 0.165 e. The Morgan fingerprint density at radius 1 is 1.67 bits per heavy atom. The summed E-state index contributed by atoms with van der Waals surface area (Å²) in [5.74, 6) is -0.196. The summed E-state index contributed by atoms with van der Waals surface area (Å²) >= 11 is 0. The zero-order chi connectivity index (χ0) is 9.14. The zero-order valence-corrected chi connectivity index (χ0v) is 7.38. The van der Waals surface area contributed by atoms with Gasteiger partial charge in [-0.25, -0.2) is 0 Å². The third kappa shape index (κ3) is 1.63. The molecule has 0 saturated heterocycles. The van der Waals surface area contributed by atoms with Gasteiger partial charge in [0.15, 0.2) is 5.78 Å². The summed E-state index contributed by atoms with van der Waals surface area (Å²) in [7, 11) is 0. The maximum Gasteiger partial charge on any atom is 0.165 e. The van der Waals surface area contributed by atoms with Crippen LogP contribution in [-0.2, 0) is 9.59 Å². The highest BCUT2D eigenvalue weighted by Gasteiger charge is 2.32. The van der Waals surface area contributed by atoms with Crippen LogP contribution in [0.5, 0.6) is 0 Å². The van der Waals surface area contributed by atoms with Gasteiger partial charge in [0.25, 0.3) is 0 Å². The van der Waals surface area contributed by atoms with Gasteiger partial charge in [-0.1, -0.05) is 13.5 Å². The van der Waals surface area contributed by atoms with Gasteiger partial charge >= 0.3 is 0 Å². The molecule has 1 saturated carbocycles. The number of hydrogen-bond acceptors (Lipinski definition) is 2. The van der Waals surface area contributed by atoms with Crippen LogP contribution in [0.4, 0.5) is 0 Å². The molecule has 1 rings (SSSR count). The van der Waals surface area contributed by atoms with Crippen molar-refractivity contribution in [3.05, 3.63) is 12.7 Å². The van der Waals surface area contributed by atoms with Crippen LogP contribution in [0.15, 0.2) is 12.7 Å². The number of carbonyl (C=O) groups is 2. The minimum atomic E-state index is -0.392. The van der Waals surface area contributed by atoms with Crippen molar-refractivity contribution < 1.29 is 9.59 Å². The van der Waals surface area contributed by atoms with Crippen LogP contribution in [0.1, 0.15) is 26.2 Å². The zero-order valence-electron chi connectivity index (χ0n) is 7.38. The lowest BCUT2D eigenvalue weighted by Crippen LogP contribution is -2.32. The van der Waals surface area contributed by atoms with E-state index >= 15 is 0 Å². The van der Waals surface area contributed by atoms with Gasteiger partial charge in [0, 0.05) is 6.42 Å². The number of allylic oxidation sites excluding steroid dienone is 1. The highest BCUT2D eigenvalue weighted by Crippen LogP contribution is 2.27. The molecule has 0 bridgehead atoms. The van der Waals surface area contributed by atoms with Crippen molar-refractivity contribution in [1.29, 1.82) is 0 Å². The Hall–Kier alpha value is -0.920. The Kier molecular flexibility index (Phi) is 2.79. The molecule has 0 N–H and O–H groups in total. The van der Waals surface area contributed by atoms with Gasteiger partial charge in [0.1, 0.15) is 5.78 Å². The van der Waals surface area contributed by atoms with Gasteiger partial charge in [-0.15, -0.1) is 0 Å². The van der Waals surface area contributed by atoms with E-state index in [1.165, 1.54) is 6.08 Å². The third-order valence-corrected chi connectivity index (χ3v) is 2.51. The number of ketones is 2. The van der Waals surface area contributed by atoms with E-state index < -0.39 is 5.92 Å². The van der Waals surface area contributed by atoms with Gasteiger partial charge in [-0.3, -0.25) is 9.59 Å². The van der Waals surface area contributed by atoms with Gasteiger partial charge < -0.3 is 0 Å². The fraction of sp³-hybridized carbons (Fsp3) is 0.600. The van der Waals surface area contributed by atoms with Crippen molar-refractivity contribution in [2.24, 2.45) is 11.8 Å². The average molecular weight is 166 g/mol. The van der Waals surface area contributed by atoms with Crippen molar-refractivity contribution in [3.63, 3.8) is 0 Å². The Labute approximate surface area is 72.7 Å². The van der Waals surface area contributed by atoms with Gasteiger partial charge in [-0.05, 0) is 24.8 Å². The molecule has 1 fully saturated rings. The van der Waals surface area contributed by atoms with E-state index in [4.69, 9.17) is 0 Å². The average Bonchev–Trinajstić information content (AvgIpc) is 2.03. The predicted octanol–water partition coefficient (Wildman–Crippen LogP) is 1.75. The monoisotopic (exact) mass is 166 g/mol. The lowest BCUT2D eigenvalue weighted by atomic mass is 9.77. The molecule has 0 heterocycles. The van der Waals surface area contributed by atoms with E-state index in [9.17, 15) is 9.59 Å². The van der Waals surface area contributed by atoms with Crippen LogP contribution in [0.25, 0.3) is 0 Å². The van der Waals surface area contributed by atoms with Crippen molar-refractivity contribution in [2.75, 3.05) is 0 Å². The fourth-order valence-electron chi connectivity index (χ4n) is 1.80. The van der Waals surface area contributed by atoms with Gasteiger partial charge in [-0.2, -0.15) is 0 Å². The maximum absolute atomic E-state index is 11.3. The topological polar surface area (TPSA) is 34.1 Å². The summed E-state index contributed by atoms with van der Waals surface area (Å²) in [5.41, 5.74) is 0. The van der Waals surface area contributed by atoms with Crippen LogP contribution in [0.3, 0.4) is 0 Å². The van der Waals surface area contributed by atoms with Crippen LogP contribution >= 0.6 is 0 Å². The Balaban J connectivity index is 2.75. The molecule has 1 aliphatic carbocycles. The first-order chi connectivity index (χ1) is 5.66. The first-order valence-electron chi connectivity index (χ1n) is 4.36. The molecule has 0 amide bonds. The molecule has 1 aliphatic rings. The van der Waals surface area contributed by atoms with E-state index in [0.29, 0.717) is 6.42 Å². The van der Waals surface area contributed by atoms with Gasteiger partial charge in [0.2, 0.25) is 0 Å². The van der Waals surface area contributed by atoms with E-state index in [1.807, 2.05) is 6.92 Å². The molecule has 2 atom stereocenters. The van der Waals surface area contributed by atoms with E-state index in [0.717, 1.165) is 12.8 Å². The minimum absolute atomic E-state index is 0.0960. The summed E-state index contributed by atoms with van der Waals surface area (Å²) in [6.45, 7) is 5.36. The number of carbonyl (C=O) groups excluding carboxylic acids is 2. The van der Waals surface area contributed by atoms with Crippen LogP contribution in [-0.4, -0.2) is 11.6 Å². The van der Waals surface area contributed by atoms with Crippen molar-refractivity contribution >= 4 is 11.6 Å². The van der Waals surface area contributed by atoms with E-state index in [2.05, 4.69) is 6.58 Å². The van der Waals surface area contributed by atoms with Crippen molar-refractivity contribution in [2.45, 2.75) is 26.2 Å². The quantitative estimate of drug-likeness (QED) is 0.462. The molecule has 2 nitrogen and oxygen atoms in total. The first-order valence-corrected chi connectivity index (χ1v) is 4.36. The van der Waals surface area contributed by atoms with Crippen LogP contribution in [0, 0.1) is 11.8 Å². The Bertz CT molecular complexity index is 218. The second-order valence-electron chi connectivity index (χ2n) is 3.42. The lowest BCUT2D eigenvalue weighted by molar-refractivity contribution is -0.134. The molecule has 2 heteroatoms. The molecule has 0 spiro atoms. The second kappa shape index (κ2) is 3.65. The molecule has 0 aromatic carbocycles. The largest absolute Gasteiger partial charge is 0.299 e. The Morgan fingerprint density at radius 3 is 2.83 bits per heavy atom. The molecule has 0 aromatic heterocycles. The molecular formula is C10H14O2. The standard InChI is InChI=1S/C10H14O2/c1-3-8(11)10-7(2)5-4-6-9(10)12/h3,7,10H,1,4-6H2,2H3/t7-,10-/m0/s1. The first kappa shape index (κ1) is 9.17. The second-order valence-corrected chi connectivity index (χ2v) is 3.42. The molecular weight excluding hydrogens is 152 g/mol. The summed E-state index contributed by atoms with van der Waals surface area (Å²) in [6, 6.07) is 0. The predicted molar refractivity (Wildman–Crippen MR) is 46.7 cm³/mol. The molecule has 0 unspecified atom stereocenters. The SMILES string of the molecule is C=CC(=O)[C@H]1C(=O)CCC[C@@H]1C. The van der Waals surface area contributed by atoms with E-state index in [-0.39, 0.29) is 17.5 Å². The minimum Gasteiger partial charge on any atom is -0.299 e. The number of hydrogen-bond donors (Lipinski definition) is 0. The van der Waals surface area contributed by atoms with Crippen molar-refractivity contribution in [1.82, 2.24) is 0 Å². The fourth-order valence-corrected chi connectivity index (χ4v) is 1.80. The molecule has 0 radical (unpaired) electrons. The molecule has 12 heavy (non-hydrogen) atoms. The highest BCUT2D eigenvalue weighted by atomic mass is 16.1. The molecule has 66 valence electrons. The Morgan fingerprint density at radius 2 is 2.33 bits per heavy atom. The summed E-state index contributed by atoms with van der Waals surface area (Å²) in [4.78, 5) is 22.6. The van der Waals surface area contributed by atoms with Crippen LogP contribution < -0.4 is 0 Å². The third-order valence-electron chi connectivity index (χ3n) is 2.51. The maximum atomic E-state index is 11.3. The molecule has 0 aliphatic heterocycles. The van der Waals surface area contributed by atoms with E-state index in [1.54, 1.807) is 0 Å². The molecule has 0 aromatic rings. The normalized spacial score (nSPS) is 29.9.